The summed E-state index contributed by atoms with van der Waals surface area (Å²) < 4.78 is 1.75. The minimum atomic E-state index is -0.163. The Morgan fingerprint density at radius 2 is 1.93 bits per heavy atom. The van der Waals surface area contributed by atoms with Crippen LogP contribution < -0.4 is 10.2 Å². The molecule has 1 aromatic carbocycles. The number of hydrogen-bond acceptors (Lipinski definition) is 5. The number of amides is 1. The molecule has 0 aliphatic rings. The molecule has 6 nitrogen and oxygen atoms in total. The van der Waals surface area contributed by atoms with Gasteiger partial charge in [0, 0.05) is 38.6 Å². The van der Waals surface area contributed by atoms with Gasteiger partial charge >= 0.3 is 0 Å². The van der Waals surface area contributed by atoms with Crippen LogP contribution in [0.4, 0.5) is 5.82 Å². The summed E-state index contributed by atoms with van der Waals surface area (Å²) >= 11 is 1.56. The first-order valence-corrected chi connectivity index (χ1v) is 10.1. The Morgan fingerprint density at radius 3 is 2.66 bits per heavy atom. The van der Waals surface area contributed by atoms with Crippen LogP contribution in [0.1, 0.15) is 15.9 Å². The number of anilines is 1. The molecule has 0 bridgehead atoms. The van der Waals surface area contributed by atoms with Crippen molar-refractivity contribution >= 4 is 23.1 Å². The number of carbonyl (C=O) groups excluding carboxylic acids is 1. The van der Waals surface area contributed by atoms with Gasteiger partial charge in [-0.15, -0.1) is 11.3 Å². The molecule has 4 rings (SSSR count). The van der Waals surface area contributed by atoms with Crippen molar-refractivity contribution in [3.05, 3.63) is 83.5 Å². The summed E-state index contributed by atoms with van der Waals surface area (Å²) in [6.45, 7) is 0.389. The monoisotopic (exact) mass is 403 g/mol. The molecular weight excluding hydrogens is 382 g/mol. The van der Waals surface area contributed by atoms with E-state index in [1.165, 1.54) is 0 Å². The fourth-order valence-electron chi connectivity index (χ4n) is 3.09. The lowest BCUT2D eigenvalue weighted by molar-refractivity contribution is 0.0951. The Morgan fingerprint density at radius 1 is 1.10 bits per heavy atom. The minimum absolute atomic E-state index is 0.163. The Balaban J connectivity index is 1.63. The second-order valence-corrected chi connectivity index (χ2v) is 7.66. The SMILES string of the molecule is CN(C)c1ncccc1CNC(=O)c1cn(-c2ccccc2)nc1-c1cccs1. The van der Waals surface area contributed by atoms with E-state index in [2.05, 4.69) is 10.3 Å². The summed E-state index contributed by atoms with van der Waals surface area (Å²) in [7, 11) is 3.87. The van der Waals surface area contributed by atoms with E-state index in [1.54, 1.807) is 28.4 Å². The first-order chi connectivity index (χ1) is 14.1. The van der Waals surface area contributed by atoms with Crippen LogP contribution in [-0.2, 0) is 6.54 Å². The average molecular weight is 404 g/mol. The largest absolute Gasteiger partial charge is 0.362 e. The fourth-order valence-corrected chi connectivity index (χ4v) is 3.81. The number of thiophene rings is 1. The Labute approximate surface area is 173 Å². The van der Waals surface area contributed by atoms with Crippen molar-refractivity contribution in [2.24, 2.45) is 0 Å². The van der Waals surface area contributed by atoms with E-state index in [9.17, 15) is 4.79 Å². The fraction of sp³-hybridized carbons (Fsp3) is 0.136. The van der Waals surface area contributed by atoms with Crippen LogP contribution >= 0.6 is 11.3 Å². The third-order valence-corrected chi connectivity index (χ3v) is 5.34. The molecule has 29 heavy (non-hydrogen) atoms. The van der Waals surface area contributed by atoms with E-state index >= 15 is 0 Å². The van der Waals surface area contributed by atoms with Gasteiger partial charge in [-0.25, -0.2) is 9.67 Å². The highest BCUT2D eigenvalue weighted by Crippen LogP contribution is 2.28. The van der Waals surface area contributed by atoms with E-state index in [0.29, 0.717) is 17.8 Å². The normalized spacial score (nSPS) is 10.7. The molecule has 0 spiro atoms. The van der Waals surface area contributed by atoms with Gasteiger partial charge in [-0.3, -0.25) is 4.79 Å². The number of para-hydroxylation sites is 1. The van der Waals surface area contributed by atoms with Gasteiger partial charge in [-0.1, -0.05) is 30.3 Å². The van der Waals surface area contributed by atoms with E-state index in [4.69, 9.17) is 5.10 Å². The van der Waals surface area contributed by atoms with Crippen molar-refractivity contribution in [1.29, 1.82) is 0 Å². The molecule has 0 aliphatic carbocycles. The molecule has 0 saturated heterocycles. The number of pyridine rings is 1. The average Bonchev–Trinajstić information content (AvgIpc) is 3.42. The van der Waals surface area contributed by atoms with Crippen LogP contribution in [-0.4, -0.2) is 34.8 Å². The summed E-state index contributed by atoms with van der Waals surface area (Å²) in [5, 5.41) is 9.70. The molecule has 1 amide bonds. The van der Waals surface area contributed by atoms with Gasteiger partial charge in [0.05, 0.1) is 16.1 Å². The number of carbonyl (C=O) groups is 1. The molecule has 0 unspecified atom stereocenters. The first-order valence-electron chi connectivity index (χ1n) is 9.22. The molecule has 3 heterocycles. The summed E-state index contributed by atoms with van der Waals surface area (Å²) in [6.07, 6.45) is 3.54. The van der Waals surface area contributed by atoms with Crippen molar-refractivity contribution in [1.82, 2.24) is 20.1 Å². The lowest BCUT2D eigenvalue weighted by Crippen LogP contribution is -2.24. The molecule has 0 fully saturated rings. The third kappa shape index (κ3) is 4.05. The number of nitrogens with one attached hydrogen (secondary N) is 1. The van der Waals surface area contributed by atoms with E-state index < -0.39 is 0 Å². The zero-order valence-electron chi connectivity index (χ0n) is 16.2. The van der Waals surface area contributed by atoms with Gasteiger partial charge in [0.25, 0.3) is 5.91 Å². The van der Waals surface area contributed by atoms with Gasteiger partial charge in [-0.05, 0) is 29.6 Å². The molecule has 0 aliphatic heterocycles. The van der Waals surface area contributed by atoms with Crippen LogP contribution in [0, 0.1) is 0 Å². The second-order valence-electron chi connectivity index (χ2n) is 6.71. The Hall–Kier alpha value is -3.45. The topological polar surface area (TPSA) is 63.1 Å². The lowest BCUT2D eigenvalue weighted by Gasteiger charge is -2.16. The molecule has 0 radical (unpaired) electrons. The van der Waals surface area contributed by atoms with Crippen LogP contribution in [0.2, 0.25) is 0 Å². The quantitative estimate of drug-likeness (QED) is 0.529. The van der Waals surface area contributed by atoms with Gasteiger partial charge < -0.3 is 10.2 Å². The number of benzene rings is 1. The summed E-state index contributed by atoms with van der Waals surface area (Å²) in [4.78, 5) is 20.4. The van der Waals surface area contributed by atoms with Gasteiger partial charge in [0.1, 0.15) is 11.5 Å². The van der Waals surface area contributed by atoms with Crippen molar-refractivity contribution in [2.75, 3.05) is 19.0 Å². The molecule has 0 saturated carbocycles. The molecule has 1 N–H and O–H groups in total. The maximum Gasteiger partial charge on any atom is 0.255 e. The van der Waals surface area contributed by atoms with E-state index in [-0.39, 0.29) is 5.91 Å². The number of rotatable bonds is 6. The van der Waals surface area contributed by atoms with E-state index in [1.807, 2.05) is 79.0 Å². The maximum absolute atomic E-state index is 13.1. The smallest absolute Gasteiger partial charge is 0.255 e. The zero-order chi connectivity index (χ0) is 20.2. The van der Waals surface area contributed by atoms with Crippen LogP contribution in [0.5, 0.6) is 0 Å². The third-order valence-electron chi connectivity index (χ3n) is 4.46. The van der Waals surface area contributed by atoms with Crippen molar-refractivity contribution in [3.63, 3.8) is 0 Å². The van der Waals surface area contributed by atoms with Crippen LogP contribution in [0.3, 0.4) is 0 Å². The predicted octanol–water partition coefficient (Wildman–Crippen LogP) is 3.99. The van der Waals surface area contributed by atoms with Crippen LogP contribution in [0.15, 0.2) is 72.4 Å². The Bertz CT molecular complexity index is 1100. The molecular formula is C22H21N5OS. The molecule has 7 heteroatoms. The molecule has 3 aromatic heterocycles. The first kappa shape index (κ1) is 18.9. The van der Waals surface area contributed by atoms with Gasteiger partial charge in [-0.2, -0.15) is 5.10 Å². The Kier molecular flexibility index (Phi) is 5.39. The van der Waals surface area contributed by atoms with Gasteiger partial charge in [0.2, 0.25) is 0 Å². The highest BCUT2D eigenvalue weighted by molar-refractivity contribution is 7.13. The summed E-state index contributed by atoms with van der Waals surface area (Å²) in [6, 6.07) is 17.6. The minimum Gasteiger partial charge on any atom is -0.362 e. The molecule has 4 aromatic rings. The highest BCUT2D eigenvalue weighted by atomic mass is 32.1. The highest BCUT2D eigenvalue weighted by Gasteiger charge is 2.19. The number of aromatic nitrogens is 3. The second kappa shape index (κ2) is 8.28. The standard InChI is InChI=1S/C22H21N5OS/c1-26(2)21-16(8-6-12-23-21)14-24-22(28)18-15-27(17-9-4-3-5-10-17)25-20(18)19-11-7-13-29-19/h3-13,15H,14H2,1-2H3,(H,24,28). The molecule has 146 valence electrons. The summed E-state index contributed by atoms with van der Waals surface area (Å²) in [5.41, 5.74) is 3.09. The van der Waals surface area contributed by atoms with Crippen molar-refractivity contribution < 1.29 is 4.79 Å². The van der Waals surface area contributed by atoms with Crippen molar-refractivity contribution in [2.45, 2.75) is 6.54 Å². The maximum atomic E-state index is 13.1. The molecule has 0 atom stereocenters. The zero-order valence-corrected chi connectivity index (χ0v) is 17.1. The van der Waals surface area contributed by atoms with Gasteiger partial charge in [0.15, 0.2) is 0 Å². The number of nitrogens with zero attached hydrogens (tertiary/aromatic N) is 4. The number of hydrogen-bond donors (Lipinski definition) is 1. The predicted molar refractivity (Wildman–Crippen MR) is 117 cm³/mol. The summed E-state index contributed by atoms with van der Waals surface area (Å²) in [5.74, 6) is 0.676. The lowest BCUT2D eigenvalue weighted by atomic mass is 10.2. The van der Waals surface area contributed by atoms with Crippen LogP contribution in [0.25, 0.3) is 16.3 Å². The van der Waals surface area contributed by atoms with Crippen molar-refractivity contribution in [3.8, 4) is 16.3 Å². The van der Waals surface area contributed by atoms with E-state index in [0.717, 1.165) is 21.9 Å².